The van der Waals surface area contributed by atoms with Gasteiger partial charge in [-0.3, -0.25) is 4.90 Å². The van der Waals surface area contributed by atoms with Crippen molar-refractivity contribution in [2.24, 2.45) is 5.73 Å². The lowest BCUT2D eigenvalue weighted by Gasteiger charge is -2.47. The maximum absolute atomic E-state index is 5.90. The lowest BCUT2D eigenvalue weighted by atomic mass is 9.96. The fraction of sp³-hybridized carbons (Fsp3) is 1.00. The summed E-state index contributed by atoms with van der Waals surface area (Å²) in [6, 6.07) is 0. The zero-order valence-electron chi connectivity index (χ0n) is 11.1. The molecule has 4 nitrogen and oxygen atoms in total. The molecule has 0 bridgehead atoms. The average molecular weight is 230 g/mol. The minimum absolute atomic E-state index is 0.0724. The first-order chi connectivity index (χ1) is 7.43. The Balaban J connectivity index is 2.64. The fourth-order valence-electron chi connectivity index (χ4n) is 2.08. The third-order valence-electron chi connectivity index (χ3n) is 3.25. The van der Waals surface area contributed by atoms with E-state index in [2.05, 4.69) is 25.7 Å². The van der Waals surface area contributed by atoms with Crippen LogP contribution < -0.4 is 5.73 Å². The molecule has 0 aromatic rings. The summed E-state index contributed by atoms with van der Waals surface area (Å²) in [4.78, 5) is 2.40. The second-order valence-electron chi connectivity index (χ2n) is 5.37. The van der Waals surface area contributed by atoms with Gasteiger partial charge in [-0.05, 0) is 27.7 Å². The molecular formula is C12H26N2O2. The van der Waals surface area contributed by atoms with Crippen molar-refractivity contribution in [3.8, 4) is 0 Å². The van der Waals surface area contributed by atoms with Crippen LogP contribution >= 0.6 is 0 Å². The van der Waals surface area contributed by atoms with Crippen LogP contribution in [0, 0.1) is 0 Å². The lowest BCUT2D eigenvalue weighted by Crippen LogP contribution is -2.62. The van der Waals surface area contributed by atoms with Gasteiger partial charge in [0.2, 0.25) is 0 Å². The molecule has 0 amide bonds. The van der Waals surface area contributed by atoms with E-state index in [9.17, 15) is 0 Å². The Morgan fingerprint density at radius 1 is 1.50 bits per heavy atom. The van der Waals surface area contributed by atoms with Gasteiger partial charge in [-0.1, -0.05) is 0 Å². The van der Waals surface area contributed by atoms with Gasteiger partial charge in [-0.15, -0.1) is 0 Å². The highest BCUT2D eigenvalue weighted by atomic mass is 16.5. The van der Waals surface area contributed by atoms with Gasteiger partial charge < -0.3 is 15.2 Å². The van der Waals surface area contributed by atoms with E-state index in [1.807, 2.05) is 6.92 Å². The van der Waals surface area contributed by atoms with E-state index >= 15 is 0 Å². The summed E-state index contributed by atoms with van der Waals surface area (Å²) in [5.74, 6) is 0. The number of hydrogen-bond donors (Lipinski definition) is 1. The summed E-state index contributed by atoms with van der Waals surface area (Å²) in [6.45, 7) is 13.1. The third-order valence-corrected chi connectivity index (χ3v) is 3.25. The Kier molecular flexibility index (Phi) is 4.73. The van der Waals surface area contributed by atoms with Gasteiger partial charge in [0.05, 0.1) is 24.4 Å². The second-order valence-corrected chi connectivity index (χ2v) is 5.37. The molecule has 0 radical (unpaired) electrons. The largest absolute Gasteiger partial charge is 0.380 e. The van der Waals surface area contributed by atoms with E-state index in [1.165, 1.54) is 0 Å². The normalized spacial score (nSPS) is 25.3. The predicted octanol–water partition coefficient (Wildman–Crippen LogP) is 0.851. The molecule has 0 saturated carbocycles. The van der Waals surface area contributed by atoms with Crippen LogP contribution in [0.25, 0.3) is 0 Å². The maximum Gasteiger partial charge on any atom is 0.0753 e. The Morgan fingerprint density at radius 2 is 2.19 bits per heavy atom. The van der Waals surface area contributed by atoms with Gasteiger partial charge in [0.15, 0.2) is 0 Å². The zero-order chi connectivity index (χ0) is 12.2. The van der Waals surface area contributed by atoms with Crippen molar-refractivity contribution in [3.63, 3.8) is 0 Å². The van der Waals surface area contributed by atoms with Crippen molar-refractivity contribution >= 4 is 0 Å². The molecule has 1 fully saturated rings. The van der Waals surface area contributed by atoms with E-state index in [0.717, 1.165) is 26.3 Å². The Labute approximate surface area is 99.1 Å². The van der Waals surface area contributed by atoms with Crippen LogP contribution in [0.1, 0.15) is 27.7 Å². The highest BCUT2D eigenvalue weighted by Crippen LogP contribution is 2.23. The van der Waals surface area contributed by atoms with E-state index in [0.29, 0.717) is 13.2 Å². The molecule has 0 aliphatic carbocycles. The minimum Gasteiger partial charge on any atom is -0.380 e. The lowest BCUT2D eigenvalue weighted by molar-refractivity contribution is -0.123. The first-order valence-electron chi connectivity index (χ1n) is 6.10. The Bertz CT molecular complexity index is 221. The van der Waals surface area contributed by atoms with E-state index in [1.54, 1.807) is 0 Å². The number of morpholine rings is 1. The molecule has 2 N–H and O–H groups in total. The quantitative estimate of drug-likeness (QED) is 0.760. The van der Waals surface area contributed by atoms with Crippen molar-refractivity contribution in [3.05, 3.63) is 0 Å². The van der Waals surface area contributed by atoms with Crippen LogP contribution in [0.15, 0.2) is 0 Å². The summed E-state index contributed by atoms with van der Waals surface area (Å²) >= 11 is 0. The minimum atomic E-state index is -0.0824. The smallest absolute Gasteiger partial charge is 0.0753 e. The standard InChI is InChI=1S/C12H26N2O2/c1-5-15-10-12(4,8-13)14-6-7-16-11(2,3)9-14/h5-10,13H2,1-4H3. The van der Waals surface area contributed by atoms with Crippen LogP contribution in [0.5, 0.6) is 0 Å². The van der Waals surface area contributed by atoms with Gasteiger partial charge in [0, 0.05) is 26.2 Å². The zero-order valence-corrected chi connectivity index (χ0v) is 11.1. The van der Waals surface area contributed by atoms with E-state index < -0.39 is 0 Å². The molecule has 1 atom stereocenters. The monoisotopic (exact) mass is 230 g/mol. The number of nitrogens with zero attached hydrogens (tertiary/aromatic N) is 1. The number of nitrogens with two attached hydrogens (primary N) is 1. The molecule has 1 unspecified atom stereocenters. The molecule has 0 spiro atoms. The first-order valence-corrected chi connectivity index (χ1v) is 6.10. The molecule has 1 aliphatic rings. The predicted molar refractivity (Wildman–Crippen MR) is 65.6 cm³/mol. The summed E-state index contributed by atoms with van der Waals surface area (Å²) < 4.78 is 11.3. The molecule has 1 saturated heterocycles. The summed E-state index contributed by atoms with van der Waals surface area (Å²) in [6.07, 6.45) is 0. The van der Waals surface area contributed by atoms with Gasteiger partial charge in [-0.25, -0.2) is 0 Å². The van der Waals surface area contributed by atoms with Gasteiger partial charge in [0.1, 0.15) is 0 Å². The second kappa shape index (κ2) is 5.45. The van der Waals surface area contributed by atoms with Crippen molar-refractivity contribution in [2.45, 2.75) is 38.8 Å². The van der Waals surface area contributed by atoms with Gasteiger partial charge >= 0.3 is 0 Å². The molecule has 0 aromatic heterocycles. The molecule has 4 heteroatoms. The van der Waals surface area contributed by atoms with Crippen LogP contribution in [0.4, 0.5) is 0 Å². The number of rotatable bonds is 5. The van der Waals surface area contributed by atoms with Crippen molar-refractivity contribution in [1.82, 2.24) is 4.90 Å². The summed E-state index contributed by atoms with van der Waals surface area (Å²) in [5, 5.41) is 0. The number of ether oxygens (including phenoxy) is 2. The average Bonchev–Trinajstić information content (AvgIpc) is 2.24. The van der Waals surface area contributed by atoms with Crippen molar-refractivity contribution < 1.29 is 9.47 Å². The highest BCUT2D eigenvalue weighted by Gasteiger charge is 2.37. The molecule has 0 aromatic carbocycles. The molecule has 1 aliphatic heterocycles. The summed E-state index contributed by atoms with van der Waals surface area (Å²) in [5.41, 5.74) is 5.75. The Hall–Kier alpha value is -0.160. The van der Waals surface area contributed by atoms with E-state index in [-0.39, 0.29) is 11.1 Å². The van der Waals surface area contributed by atoms with Crippen LogP contribution in [0.2, 0.25) is 0 Å². The van der Waals surface area contributed by atoms with Crippen LogP contribution in [-0.4, -0.2) is 55.5 Å². The molecule has 1 rings (SSSR count). The van der Waals surface area contributed by atoms with Gasteiger partial charge in [-0.2, -0.15) is 0 Å². The van der Waals surface area contributed by atoms with Gasteiger partial charge in [0.25, 0.3) is 0 Å². The van der Waals surface area contributed by atoms with Crippen LogP contribution in [0.3, 0.4) is 0 Å². The molecule has 1 heterocycles. The van der Waals surface area contributed by atoms with Crippen molar-refractivity contribution in [1.29, 1.82) is 0 Å². The third kappa shape index (κ3) is 3.42. The molecule has 16 heavy (non-hydrogen) atoms. The molecule has 96 valence electrons. The van der Waals surface area contributed by atoms with E-state index in [4.69, 9.17) is 15.2 Å². The SMILES string of the molecule is CCOCC(C)(CN)N1CCOC(C)(C)C1. The maximum atomic E-state index is 5.90. The Morgan fingerprint density at radius 3 is 2.69 bits per heavy atom. The first kappa shape index (κ1) is 13.9. The highest BCUT2D eigenvalue weighted by molar-refractivity contribution is 4.92. The fourth-order valence-corrected chi connectivity index (χ4v) is 2.08. The molecular weight excluding hydrogens is 204 g/mol. The number of hydrogen-bond acceptors (Lipinski definition) is 4. The summed E-state index contributed by atoms with van der Waals surface area (Å²) in [7, 11) is 0. The van der Waals surface area contributed by atoms with Crippen molar-refractivity contribution in [2.75, 3.05) is 39.5 Å². The topological polar surface area (TPSA) is 47.7 Å². The van der Waals surface area contributed by atoms with Crippen LogP contribution in [-0.2, 0) is 9.47 Å².